The number of methoxy groups -OCH3 is 1. The Labute approximate surface area is 112 Å². The van der Waals surface area contributed by atoms with Crippen LogP contribution in [0.15, 0.2) is 18.2 Å². The molecule has 1 rings (SSSR count). The van der Waals surface area contributed by atoms with Crippen LogP contribution in [0.25, 0.3) is 0 Å². The van der Waals surface area contributed by atoms with Gasteiger partial charge in [-0.15, -0.1) is 0 Å². The quantitative estimate of drug-likeness (QED) is 0.817. The first-order valence-corrected chi connectivity index (χ1v) is 6.63. The third kappa shape index (κ3) is 7.17. The van der Waals surface area contributed by atoms with E-state index in [0.29, 0.717) is 5.69 Å². The zero-order chi connectivity index (χ0) is 14.0. The van der Waals surface area contributed by atoms with Gasteiger partial charge in [-0.05, 0) is 57.6 Å². The van der Waals surface area contributed by atoms with Gasteiger partial charge in [0.2, 0.25) is 0 Å². The van der Waals surface area contributed by atoms with E-state index in [1.807, 2.05) is 25.1 Å². The second-order valence-corrected chi connectivity index (χ2v) is 4.55. The molecule has 0 radical (unpaired) electrons. The molecule has 0 saturated heterocycles. The molecule has 0 aliphatic rings. The smallest absolute Gasteiger partial charge is 0.142 e. The van der Waals surface area contributed by atoms with Crippen LogP contribution in [0.5, 0.6) is 5.75 Å². The standard InChI is InChI=1S/C8H11NO.C7H17N/c1-6-3-4-7(9)8(5-6)10-2;1-4-6-8(3)7-5-2/h3-5H,9H2,1-2H3;4-7H2,1-3H3. The maximum atomic E-state index is 5.57. The van der Waals surface area contributed by atoms with Gasteiger partial charge in [0.1, 0.15) is 5.75 Å². The van der Waals surface area contributed by atoms with Crippen molar-refractivity contribution in [1.82, 2.24) is 4.90 Å². The lowest BCUT2D eigenvalue weighted by Gasteiger charge is -2.12. The van der Waals surface area contributed by atoms with Crippen LogP contribution >= 0.6 is 0 Å². The number of ether oxygens (including phenoxy) is 1. The molecule has 0 bridgehead atoms. The number of aryl methyl sites for hydroxylation is 1. The van der Waals surface area contributed by atoms with Gasteiger partial charge < -0.3 is 15.4 Å². The first-order valence-electron chi connectivity index (χ1n) is 6.63. The summed E-state index contributed by atoms with van der Waals surface area (Å²) in [6.45, 7) is 8.92. The van der Waals surface area contributed by atoms with E-state index >= 15 is 0 Å². The highest BCUT2D eigenvalue weighted by molar-refractivity contribution is 5.53. The van der Waals surface area contributed by atoms with E-state index < -0.39 is 0 Å². The van der Waals surface area contributed by atoms with Gasteiger partial charge in [0.05, 0.1) is 12.8 Å². The zero-order valence-corrected chi connectivity index (χ0v) is 12.5. The molecule has 2 N–H and O–H groups in total. The molecule has 0 atom stereocenters. The van der Waals surface area contributed by atoms with E-state index in [4.69, 9.17) is 10.5 Å². The number of nitrogens with zero attached hydrogens (tertiary/aromatic N) is 1. The predicted molar refractivity (Wildman–Crippen MR) is 80.2 cm³/mol. The van der Waals surface area contributed by atoms with Gasteiger partial charge in [-0.2, -0.15) is 0 Å². The summed E-state index contributed by atoms with van der Waals surface area (Å²) in [6, 6.07) is 5.71. The lowest BCUT2D eigenvalue weighted by Crippen LogP contribution is -2.19. The lowest BCUT2D eigenvalue weighted by molar-refractivity contribution is 0.335. The number of nitrogens with two attached hydrogens (primary N) is 1. The van der Waals surface area contributed by atoms with Gasteiger partial charge in [0.25, 0.3) is 0 Å². The lowest BCUT2D eigenvalue weighted by atomic mass is 10.2. The monoisotopic (exact) mass is 252 g/mol. The van der Waals surface area contributed by atoms with Crippen molar-refractivity contribution in [3.8, 4) is 5.75 Å². The summed E-state index contributed by atoms with van der Waals surface area (Å²) in [5.74, 6) is 0.750. The molecule has 0 spiro atoms. The van der Waals surface area contributed by atoms with Crippen LogP contribution in [0.2, 0.25) is 0 Å². The molecule has 0 heterocycles. The number of hydrogen-bond acceptors (Lipinski definition) is 3. The molecule has 1 aromatic rings. The van der Waals surface area contributed by atoms with E-state index in [0.717, 1.165) is 11.3 Å². The maximum absolute atomic E-state index is 5.57. The highest BCUT2D eigenvalue weighted by atomic mass is 16.5. The van der Waals surface area contributed by atoms with Crippen molar-refractivity contribution in [3.05, 3.63) is 23.8 Å². The van der Waals surface area contributed by atoms with Gasteiger partial charge in [0, 0.05) is 0 Å². The van der Waals surface area contributed by atoms with Gasteiger partial charge in [-0.25, -0.2) is 0 Å². The molecular weight excluding hydrogens is 224 g/mol. The molecule has 1 aromatic carbocycles. The molecule has 104 valence electrons. The van der Waals surface area contributed by atoms with Crippen LogP contribution in [0, 0.1) is 6.92 Å². The third-order valence-electron chi connectivity index (χ3n) is 2.60. The third-order valence-corrected chi connectivity index (χ3v) is 2.60. The molecule has 0 saturated carbocycles. The molecule has 0 fully saturated rings. The average Bonchev–Trinajstić information content (AvgIpc) is 2.34. The van der Waals surface area contributed by atoms with Crippen molar-refractivity contribution in [2.75, 3.05) is 33.0 Å². The number of hydrogen-bond donors (Lipinski definition) is 1. The van der Waals surface area contributed by atoms with Gasteiger partial charge >= 0.3 is 0 Å². The number of benzene rings is 1. The van der Waals surface area contributed by atoms with Crippen molar-refractivity contribution in [2.45, 2.75) is 33.6 Å². The van der Waals surface area contributed by atoms with Crippen LogP contribution in [0.1, 0.15) is 32.3 Å². The Hall–Kier alpha value is -1.22. The van der Waals surface area contributed by atoms with Crippen molar-refractivity contribution >= 4 is 5.69 Å². The normalized spacial score (nSPS) is 9.89. The minimum absolute atomic E-state index is 0.688. The van der Waals surface area contributed by atoms with Crippen LogP contribution < -0.4 is 10.5 Å². The molecule has 3 heteroatoms. The topological polar surface area (TPSA) is 38.5 Å². The van der Waals surface area contributed by atoms with Gasteiger partial charge in [-0.3, -0.25) is 0 Å². The summed E-state index contributed by atoms with van der Waals surface area (Å²) in [6.07, 6.45) is 2.55. The highest BCUT2D eigenvalue weighted by Gasteiger charge is 1.95. The SMILES string of the molecule is CCCN(C)CCC.COc1cc(C)ccc1N. The molecular formula is C15H28N2O. The van der Waals surface area contributed by atoms with Crippen LogP contribution in [-0.2, 0) is 0 Å². The van der Waals surface area contributed by atoms with Crippen molar-refractivity contribution < 1.29 is 4.74 Å². The largest absolute Gasteiger partial charge is 0.495 e. The summed E-state index contributed by atoms with van der Waals surface area (Å²) < 4.78 is 5.00. The van der Waals surface area contributed by atoms with Crippen LogP contribution in [0.4, 0.5) is 5.69 Å². The van der Waals surface area contributed by atoms with Gasteiger partial charge in [-0.1, -0.05) is 19.9 Å². The van der Waals surface area contributed by atoms with Crippen molar-refractivity contribution in [1.29, 1.82) is 0 Å². The van der Waals surface area contributed by atoms with Crippen molar-refractivity contribution in [3.63, 3.8) is 0 Å². The fraction of sp³-hybridized carbons (Fsp3) is 0.600. The van der Waals surface area contributed by atoms with E-state index in [2.05, 4.69) is 25.8 Å². The predicted octanol–water partition coefficient (Wildman–Crippen LogP) is 3.32. The Kier molecular flexibility index (Phi) is 9.11. The van der Waals surface area contributed by atoms with Crippen molar-refractivity contribution in [2.24, 2.45) is 0 Å². The zero-order valence-electron chi connectivity index (χ0n) is 12.5. The molecule has 3 nitrogen and oxygen atoms in total. The molecule has 0 aliphatic carbocycles. The maximum Gasteiger partial charge on any atom is 0.142 e. The van der Waals surface area contributed by atoms with Gasteiger partial charge in [0.15, 0.2) is 0 Å². The minimum atomic E-state index is 0.688. The number of nitrogen functional groups attached to an aromatic ring is 1. The molecule has 0 aromatic heterocycles. The Morgan fingerprint density at radius 3 is 2.11 bits per heavy atom. The first-order chi connectivity index (χ1) is 8.54. The average molecular weight is 252 g/mol. The molecule has 0 aliphatic heterocycles. The van der Waals surface area contributed by atoms with E-state index in [1.165, 1.54) is 25.9 Å². The van der Waals surface area contributed by atoms with Crippen LogP contribution in [-0.4, -0.2) is 32.1 Å². The summed E-state index contributed by atoms with van der Waals surface area (Å²) in [5.41, 5.74) is 7.42. The Morgan fingerprint density at radius 2 is 1.72 bits per heavy atom. The number of rotatable bonds is 5. The summed E-state index contributed by atoms with van der Waals surface area (Å²) in [7, 11) is 3.79. The molecule has 18 heavy (non-hydrogen) atoms. The fourth-order valence-electron chi connectivity index (χ4n) is 1.69. The van der Waals surface area contributed by atoms with E-state index in [-0.39, 0.29) is 0 Å². The van der Waals surface area contributed by atoms with Crippen LogP contribution in [0.3, 0.4) is 0 Å². The first kappa shape index (κ1) is 16.8. The van der Waals surface area contributed by atoms with E-state index in [9.17, 15) is 0 Å². The summed E-state index contributed by atoms with van der Waals surface area (Å²) >= 11 is 0. The molecule has 0 unspecified atom stereocenters. The second-order valence-electron chi connectivity index (χ2n) is 4.55. The van der Waals surface area contributed by atoms with E-state index in [1.54, 1.807) is 7.11 Å². The Balaban J connectivity index is 0.000000331. The highest BCUT2D eigenvalue weighted by Crippen LogP contribution is 2.21. The fourth-order valence-corrected chi connectivity index (χ4v) is 1.69. The Bertz CT molecular complexity index is 320. The molecule has 0 amide bonds. The minimum Gasteiger partial charge on any atom is -0.495 e. The number of anilines is 1. The second kappa shape index (κ2) is 9.77. The summed E-state index contributed by atoms with van der Waals surface area (Å²) in [4.78, 5) is 2.36. The Morgan fingerprint density at radius 1 is 1.17 bits per heavy atom. The summed E-state index contributed by atoms with van der Waals surface area (Å²) in [5, 5.41) is 0.